The van der Waals surface area contributed by atoms with Crippen LogP contribution in [0.3, 0.4) is 0 Å². The highest BCUT2D eigenvalue weighted by atomic mass is 16.5. The SMILES string of the molecule is CCCCCCC(CC)OC(=O)C(C)(C)C. The Morgan fingerprint density at radius 1 is 1.12 bits per heavy atom. The van der Waals surface area contributed by atoms with Crippen molar-refractivity contribution in [1.82, 2.24) is 0 Å². The van der Waals surface area contributed by atoms with Gasteiger partial charge in [-0.2, -0.15) is 0 Å². The molecular weight excluding hydrogens is 200 g/mol. The van der Waals surface area contributed by atoms with Crippen LogP contribution in [0.25, 0.3) is 0 Å². The predicted octanol–water partition coefficient (Wildman–Crippen LogP) is 4.32. The molecule has 0 fully saturated rings. The zero-order valence-electron chi connectivity index (χ0n) is 11.6. The van der Waals surface area contributed by atoms with E-state index in [0.29, 0.717) is 0 Å². The van der Waals surface area contributed by atoms with Gasteiger partial charge in [-0.25, -0.2) is 0 Å². The first-order valence-electron chi connectivity index (χ1n) is 6.62. The minimum absolute atomic E-state index is 0.0742. The average Bonchev–Trinajstić information content (AvgIpc) is 2.20. The van der Waals surface area contributed by atoms with Gasteiger partial charge in [0.25, 0.3) is 0 Å². The van der Waals surface area contributed by atoms with Crippen molar-refractivity contribution in [2.45, 2.75) is 79.2 Å². The van der Waals surface area contributed by atoms with E-state index in [-0.39, 0.29) is 17.5 Å². The van der Waals surface area contributed by atoms with Gasteiger partial charge >= 0.3 is 5.97 Å². The van der Waals surface area contributed by atoms with Gasteiger partial charge in [-0.3, -0.25) is 4.79 Å². The summed E-state index contributed by atoms with van der Waals surface area (Å²) in [6, 6.07) is 0. The van der Waals surface area contributed by atoms with E-state index < -0.39 is 0 Å². The van der Waals surface area contributed by atoms with E-state index in [1.807, 2.05) is 20.8 Å². The van der Waals surface area contributed by atoms with E-state index in [4.69, 9.17) is 4.74 Å². The molecule has 0 heterocycles. The Hall–Kier alpha value is -0.530. The zero-order chi connectivity index (χ0) is 12.6. The molecule has 0 aliphatic heterocycles. The minimum atomic E-state index is -0.378. The molecule has 0 N–H and O–H groups in total. The summed E-state index contributed by atoms with van der Waals surface area (Å²) in [5, 5.41) is 0. The Balaban J connectivity index is 3.87. The molecule has 2 heteroatoms. The number of hydrogen-bond donors (Lipinski definition) is 0. The first kappa shape index (κ1) is 15.5. The van der Waals surface area contributed by atoms with Crippen molar-refractivity contribution in [2.75, 3.05) is 0 Å². The van der Waals surface area contributed by atoms with Crippen molar-refractivity contribution in [3.05, 3.63) is 0 Å². The molecule has 0 saturated heterocycles. The molecule has 2 nitrogen and oxygen atoms in total. The van der Waals surface area contributed by atoms with E-state index in [2.05, 4.69) is 13.8 Å². The highest BCUT2D eigenvalue weighted by molar-refractivity contribution is 5.75. The Kier molecular flexibility index (Phi) is 7.44. The van der Waals surface area contributed by atoms with Gasteiger partial charge in [0.2, 0.25) is 0 Å². The lowest BCUT2D eigenvalue weighted by molar-refractivity contribution is -0.159. The van der Waals surface area contributed by atoms with E-state index in [1.54, 1.807) is 0 Å². The maximum Gasteiger partial charge on any atom is 0.311 e. The number of rotatable bonds is 7. The molecule has 0 aliphatic rings. The number of carbonyl (C=O) groups excluding carboxylic acids is 1. The van der Waals surface area contributed by atoms with Crippen LogP contribution in [0.4, 0.5) is 0 Å². The van der Waals surface area contributed by atoms with Crippen molar-refractivity contribution in [3.63, 3.8) is 0 Å². The highest BCUT2D eigenvalue weighted by Crippen LogP contribution is 2.19. The zero-order valence-corrected chi connectivity index (χ0v) is 11.6. The molecule has 1 unspecified atom stereocenters. The molecule has 0 aromatic carbocycles. The average molecular weight is 228 g/mol. The van der Waals surface area contributed by atoms with Gasteiger partial charge in [0.1, 0.15) is 6.10 Å². The fourth-order valence-electron chi connectivity index (χ4n) is 1.47. The fraction of sp³-hybridized carbons (Fsp3) is 0.929. The topological polar surface area (TPSA) is 26.3 Å². The summed E-state index contributed by atoms with van der Waals surface area (Å²) >= 11 is 0. The van der Waals surface area contributed by atoms with E-state index in [9.17, 15) is 4.79 Å². The van der Waals surface area contributed by atoms with Crippen molar-refractivity contribution in [2.24, 2.45) is 5.41 Å². The van der Waals surface area contributed by atoms with Crippen LogP contribution < -0.4 is 0 Å². The summed E-state index contributed by atoms with van der Waals surface area (Å²) in [6.45, 7) is 9.99. The maximum absolute atomic E-state index is 11.7. The van der Waals surface area contributed by atoms with Crippen molar-refractivity contribution in [1.29, 1.82) is 0 Å². The quantitative estimate of drug-likeness (QED) is 0.479. The summed E-state index contributed by atoms with van der Waals surface area (Å²) in [5.74, 6) is -0.0742. The molecule has 0 rings (SSSR count). The third-order valence-electron chi connectivity index (χ3n) is 2.72. The minimum Gasteiger partial charge on any atom is -0.462 e. The van der Waals surface area contributed by atoms with Gasteiger partial charge in [-0.1, -0.05) is 33.1 Å². The largest absolute Gasteiger partial charge is 0.462 e. The molecular formula is C14H28O2. The third-order valence-corrected chi connectivity index (χ3v) is 2.72. The number of ether oxygens (including phenoxy) is 1. The standard InChI is InChI=1S/C14H28O2/c1-6-8-9-10-11-12(7-2)16-13(15)14(3,4)5/h12H,6-11H2,1-5H3. The van der Waals surface area contributed by atoms with Crippen LogP contribution >= 0.6 is 0 Å². The van der Waals surface area contributed by atoms with Crippen LogP contribution in [0.1, 0.15) is 73.1 Å². The van der Waals surface area contributed by atoms with Gasteiger partial charge < -0.3 is 4.74 Å². The molecule has 16 heavy (non-hydrogen) atoms. The van der Waals surface area contributed by atoms with E-state index >= 15 is 0 Å². The molecule has 0 aromatic heterocycles. The summed E-state index contributed by atoms with van der Waals surface area (Å²) in [5.41, 5.74) is -0.378. The molecule has 0 aliphatic carbocycles. The Morgan fingerprint density at radius 2 is 1.75 bits per heavy atom. The second-order valence-corrected chi connectivity index (χ2v) is 5.53. The van der Waals surface area contributed by atoms with Crippen LogP contribution in [0.5, 0.6) is 0 Å². The second kappa shape index (κ2) is 7.70. The molecule has 0 radical (unpaired) electrons. The third kappa shape index (κ3) is 6.86. The molecule has 0 saturated carbocycles. The molecule has 96 valence electrons. The molecule has 0 spiro atoms. The number of hydrogen-bond acceptors (Lipinski definition) is 2. The lowest BCUT2D eigenvalue weighted by atomic mass is 9.97. The van der Waals surface area contributed by atoms with Gasteiger partial charge in [-0.05, 0) is 40.0 Å². The summed E-state index contributed by atoms with van der Waals surface area (Å²) in [7, 11) is 0. The van der Waals surface area contributed by atoms with Crippen LogP contribution in [0.15, 0.2) is 0 Å². The monoisotopic (exact) mass is 228 g/mol. The van der Waals surface area contributed by atoms with Gasteiger partial charge in [0, 0.05) is 0 Å². The molecule has 0 aromatic rings. The van der Waals surface area contributed by atoms with Gasteiger partial charge in [0.05, 0.1) is 5.41 Å². The lowest BCUT2D eigenvalue weighted by Crippen LogP contribution is -2.28. The number of unbranched alkanes of at least 4 members (excludes halogenated alkanes) is 3. The van der Waals surface area contributed by atoms with Gasteiger partial charge in [-0.15, -0.1) is 0 Å². The Bertz CT molecular complexity index is 191. The van der Waals surface area contributed by atoms with E-state index in [0.717, 1.165) is 12.8 Å². The first-order valence-corrected chi connectivity index (χ1v) is 6.62. The normalized spacial score (nSPS) is 13.6. The summed E-state index contributed by atoms with van der Waals surface area (Å²) in [6.07, 6.45) is 7.00. The molecule has 1 atom stereocenters. The highest BCUT2D eigenvalue weighted by Gasteiger charge is 2.25. The first-order chi connectivity index (χ1) is 7.41. The Morgan fingerprint density at radius 3 is 2.19 bits per heavy atom. The van der Waals surface area contributed by atoms with Gasteiger partial charge in [0.15, 0.2) is 0 Å². The van der Waals surface area contributed by atoms with Crippen molar-refractivity contribution < 1.29 is 9.53 Å². The molecule has 0 amide bonds. The van der Waals surface area contributed by atoms with Crippen LogP contribution in [0.2, 0.25) is 0 Å². The summed E-state index contributed by atoms with van der Waals surface area (Å²) < 4.78 is 5.51. The predicted molar refractivity (Wildman–Crippen MR) is 68.4 cm³/mol. The van der Waals surface area contributed by atoms with E-state index in [1.165, 1.54) is 25.7 Å². The van der Waals surface area contributed by atoms with Crippen molar-refractivity contribution >= 4 is 5.97 Å². The lowest BCUT2D eigenvalue weighted by Gasteiger charge is -2.22. The van der Waals surface area contributed by atoms with Crippen LogP contribution in [0, 0.1) is 5.41 Å². The summed E-state index contributed by atoms with van der Waals surface area (Å²) in [4.78, 5) is 11.7. The molecule has 0 bridgehead atoms. The smallest absolute Gasteiger partial charge is 0.311 e. The Labute approximate surface area is 101 Å². The number of carbonyl (C=O) groups is 1. The van der Waals surface area contributed by atoms with Crippen LogP contribution in [-0.4, -0.2) is 12.1 Å². The number of esters is 1. The fourth-order valence-corrected chi connectivity index (χ4v) is 1.47. The maximum atomic E-state index is 11.7. The van der Waals surface area contributed by atoms with Crippen LogP contribution in [-0.2, 0) is 9.53 Å². The van der Waals surface area contributed by atoms with Crippen molar-refractivity contribution in [3.8, 4) is 0 Å². The second-order valence-electron chi connectivity index (χ2n) is 5.53.